The van der Waals surface area contributed by atoms with Crippen LogP contribution in [0, 0.1) is 0 Å². The molecular weight excluding hydrogens is 122 g/mol. The first-order chi connectivity index (χ1) is 3.83. The van der Waals surface area contributed by atoms with Gasteiger partial charge in [0.25, 0.3) is 0 Å². The van der Waals surface area contributed by atoms with Gasteiger partial charge in [0.2, 0.25) is 0 Å². The van der Waals surface area contributed by atoms with Crippen LogP contribution in [0.15, 0.2) is 11.0 Å². The molecule has 0 aliphatic carbocycles. The zero-order valence-electron chi connectivity index (χ0n) is 4.60. The number of thiazole rings is 1. The standard InChI is InChI=1S/C5H7NOS/c1-2-4-3-6-5(7)8-4/h3H,2H2,1H3,(H,6,7). The molecule has 1 heterocycles. The number of hydrogen-bond acceptors (Lipinski definition) is 2. The lowest BCUT2D eigenvalue weighted by Crippen LogP contribution is -1.88. The molecule has 3 heteroatoms. The van der Waals surface area contributed by atoms with Gasteiger partial charge in [0.15, 0.2) is 0 Å². The van der Waals surface area contributed by atoms with Crippen molar-refractivity contribution >= 4 is 11.3 Å². The first-order valence-electron chi connectivity index (χ1n) is 2.50. The van der Waals surface area contributed by atoms with E-state index in [1.807, 2.05) is 6.92 Å². The average Bonchev–Trinajstić information content (AvgIpc) is 2.14. The van der Waals surface area contributed by atoms with Gasteiger partial charge in [0, 0.05) is 11.1 Å². The Morgan fingerprint density at radius 1 is 1.88 bits per heavy atom. The Morgan fingerprint density at radius 2 is 2.62 bits per heavy atom. The number of aryl methyl sites for hydroxylation is 1. The van der Waals surface area contributed by atoms with Gasteiger partial charge in [-0.15, -0.1) is 0 Å². The smallest absolute Gasteiger partial charge is 0.304 e. The Bertz CT molecular complexity index is 212. The molecule has 1 aromatic heterocycles. The normalized spacial score (nSPS) is 9.62. The predicted octanol–water partition coefficient (Wildman–Crippen LogP) is 0.999. The van der Waals surface area contributed by atoms with Crippen LogP contribution >= 0.6 is 11.3 Å². The molecule has 0 amide bonds. The van der Waals surface area contributed by atoms with E-state index in [1.165, 1.54) is 11.3 Å². The van der Waals surface area contributed by atoms with Crippen molar-refractivity contribution in [3.8, 4) is 0 Å². The predicted molar refractivity (Wildman–Crippen MR) is 34.3 cm³/mol. The quantitative estimate of drug-likeness (QED) is 0.602. The van der Waals surface area contributed by atoms with Crippen molar-refractivity contribution in [3.63, 3.8) is 0 Å². The van der Waals surface area contributed by atoms with Crippen LogP contribution in [0.4, 0.5) is 0 Å². The highest BCUT2D eigenvalue weighted by atomic mass is 32.1. The van der Waals surface area contributed by atoms with Crippen molar-refractivity contribution in [2.45, 2.75) is 13.3 Å². The van der Waals surface area contributed by atoms with Crippen LogP contribution in [0.25, 0.3) is 0 Å². The number of aromatic nitrogens is 1. The molecule has 8 heavy (non-hydrogen) atoms. The lowest BCUT2D eigenvalue weighted by atomic mass is 10.4. The largest absolute Gasteiger partial charge is 0.319 e. The van der Waals surface area contributed by atoms with E-state index < -0.39 is 0 Å². The lowest BCUT2D eigenvalue weighted by Gasteiger charge is -1.76. The lowest BCUT2D eigenvalue weighted by molar-refractivity contribution is 1.16. The number of hydrogen-bond donors (Lipinski definition) is 1. The van der Waals surface area contributed by atoms with E-state index in [0.29, 0.717) is 0 Å². The SMILES string of the molecule is CCc1c[nH]c(=O)s1. The highest BCUT2D eigenvalue weighted by molar-refractivity contribution is 7.09. The summed E-state index contributed by atoms with van der Waals surface area (Å²) in [7, 11) is 0. The van der Waals surface area contributed by atoms with E-state index in [2.05, 4.69) is 4.98 Å². The molecule has 1 rings (SSSR count). The summed E-state index contributed by atoms with van der Waals surface area (Å²) in [5, 5.41) is 0. The second-order valence-corrected chi connectivity index (χ2v) is 2.60. The van der Waals surface area contributed by atoms with Crippen LogP contribution in [-0.4, -0.2) is 4.98 Å². The molecule has 1 aromatic rings. The number of H-pyrrole nitrogens is 1. The molecule has 0 bridgehead atoms. The van der Waals surface area contributed by atoms with Crippen LogP contribution in [0.2, 0.25) is 0 Å². The Balaban J connectivity index is 3.01. The molecule has 0 aliphatic heterocycles. The van der Waals surface area contributed by atoms with Gasteiger partial charge in [-0.2, -0.15) is 0 Å². The number of nitrogens with one attached hydrogen (secondary N) is 1. The van der Waals surface area contributed by atoms with Crippen LogP contribution in [0.5, 0.6) is 0 Å². The highest BCUT2D eigenvalue weighted by Crippen LogP contribution is 1.98. The summed E-state index contributed by atoms with van der Waals surface area (Å²) in [6.07, 6.45) is 2.70. The third kappa shape index (κ3) is 0.980. The summed E-state index contributed by atoms with van der Waals surface area (Å²) in [5.41, 5.74) is 0. The van der Waals surface area contributed by atoms with Gasteiger partial charge in [-0.3, -0.25) is 4.79 Å². The van der Waals surface area contributed by atoms with E-state index >= 15 is 0 Å². The molecule has 0 saturated heterocycles. The van der Waals surface area contributed by atoms with Crippen molar-refractivity contribution < 1.29 is 0 Å². The fourth-order valence-corrected chi connectivity index (χ4v) is 1.11. The minimum atomic E-state index is 0.0434. The first-order valence-corrected chi connectivity index (χ1v) is 3.32. The highest BCUT2D eigenvalue weighted by Gasteiger charge is 1.89. The summed E-state index contributed by atoms with van der Waals surface area (Å²) in [6.45, 7) is 2.03. The molecule has 0 aliphatic rings. The maximum atomic E-state index is 10.4. The topological polar surface area (TPSA) is 32.9 Å². The Morgan fingerprint density at radius 3 is 2.88 bits per heavy atom. The van der Waals surface area contributed by atoms with Crippen LogP contribution in [0.1, 0.15) is 11.8 Å². The second kappa shape index (κ2) is 2.13. The molecule has 44 valence electrons. The zero-order chi connectivity index (χ0) is 5.98. The Hall–Kier alpha value is -0.570. The van der Waals surface area contributed by atoms with Crippen molar-refractivity contribution in [1.29, 1.82) is 0 Å². The van der Waals surface area contributed by atoms with Gasteiger partial charge in [-0.25, -0.2) is 0 Å². The molecule has 2 nitrogen and oxygen atoms in total. The minimum Gasteiger partial charge on any atom is -0.319 e. The third-order valence-corrected chi connectivity index (χ3v) is 1.90. The molecule has 0 aromatic carbocycles. The molecule has 0 spiro atoms. The molecule has 0 unspecified atom stereocenters. The zero-order valence-corrected chi connectivity index (χ0v) is 5.42. The van der Waals surface area contributed by atoms with E-state index in [9.17, 15) is 4.79 Å². The van der Waals surface area contributed by atoms with Gasteiger partial charge >= 0.3 is 4.87 Å². The van der Waals surface area contributed by atoms with Gasteiger partial charge in [-0.1, -0.05) is 18.3 Å². The monoisotopic (exact) mass is 129 g/mol. The van der Waals surface area contributed by atoms with Crippen molar-refractivity contribution in [2.75, 3.05) is 0 Å². The molecular formula is C5H7NOS. The molecule has 0 fully saturated rings. The van der Waals surface area contributed by atoms with E-state index in [1.54, 1.807) is 6.20 Å². The molecule has 0 saturated carbocycles. The van der Waals surface area contributed by atoms with Gasteiger partial charge in [0.1, 0.15) is 0 Å². The molecule has 0 atom stereocenters. The number of aromatic amines is 1. The summed E-state index contributed by atoms with van der Waals surface area (Å²) in [5.74, 6) is 0. The number of rotatable bonds is 1. The Kier molecular flexibility index (Phi) is 1.48. The summed E-state index contributed by atoms with van der Waals surface area (Å²) in [6, 6.07) is 0. The van der Waals surface area contributed by atoms with Crippen LogP contribution < -0.4 is 4.87 Å². The van der Waals surface area contributed by atoms with Crippen molar-refractivity contribution in [3.05, 3.63) is 20.7 Å². The molecule has 0 radical (unpaired) electrons. The first kappa shape index (κ1) is 5.56. The van der Waals surface area contributed by atoms with Crippen LogP contribution in [0.3, 0.4) is 0 Å². The van der Waals surface area contributed by atoms with Crippen molar-refractivity contribution in [2.24, 2.45) is 0 Å². The summed E-state index contributed by atoms with van der Waals surface area (Å²) >= 11 is 1.28. The van der Waals surface area contributed by atoms with Gasteiger partial charge in [0.05, 0.1) is 0 Å². The fraction of sp³-hybridized carbons (Fsp3) is 0.400. The van der Waals surface area contributed by atoms with E-state index in [4.69, 9.17) is 0 Å². The Labute approximate surface area is 51.2 Å². The van der Waals surface area contributed by atoms with E-state index in [-0.39, 0.29) is 4.87 Å². The van der Waals surface area contributed by atoms with Gasteiger partial charge in [-0.05, 0) is 6.42 Å². The molecule has 1 N–H and O–H groups in total. The maximum absolute atomic E-state index is 10.4. The third-order valence-electron chi connectivity index (χ3n) is 0.923. The van der Waals surface area contributed by atoms with Gasteiger partial charge < -0.3 is 4.98 Å². The average molecular weight is 129 g/mol. The minimum absolute atomic E-state index is 0.0434. The van der Waals surface area contributed by atoms with Crippen molar-refractivity contribution in [1.82, 2.24) is 4.98 Å². The fourth-order valence-electron chi connectivity index (χ4n) is 0.492. The maximum Gasteiger partial charge on any atom is 0.304 e. The summed E-state index contributed by atoms with van der Waals surface area (Å²) in [4.78, 5) is 14.2. The summed E-state index contributed by atoms with van der Waals surface area (Å²) < 4.78 is 0. The van der Waals surface area contributed by atoms with Crippen LogP contribution in [-0.2, 0) is 6.42 Å². The second-order valence-electron chi connectivity index (χ2n) is 1.50. The van der Waals surface area contributed by atoms with E-state index in [0.717, 1.165) is 11.3 Å².